The first kappa shape index (κ1) is 30.5. The maximum absolute atomic E-state index is 14.2. The average Bonchev–Trinajstić information content (AvgIpc) is 3.42. The molecule has 1 aliphatic heterocycles. The molecule has 12 heteroatoms. The summed E-state index contributed by atoms with van der Waals surface area (Å²) in [5.41, 5.74) is 0.607. The van der Waals surface area contributed by atoms with Crippen molar-refractivity contribution in [3.05, 3.63) is 108 Å². The maximum atomic E-state index is 14.2. The van der Waals surface area contributed by atoms with E-state index in [-0.39, 0.29) is 24.2 Å². The number of amides is 3. The van der Waals surface area contributed by atoms with Crippen LogP contribution in [0.15, 0.2) is 96.5 Å². The predicted molar refractivity (Wildman–Crippen MR) is 157 cm³/mol. The summed E-state index contributed by atoms with van der Waals surface area (Å²) in [7, 11) is 0. The number of anilines is 2. The Labute approximate surface area is 250 Å². The second kappa shape index (κ2) is 11.9. The molecule has 0 saturated heterocycles. The molecule has 1 aromatic heterocycles. The fourth-order valence-corrected chi connectivity index (χ4v) is 5.61. The first-order valence-electron chi connectivity index (χ1n) is 13.9. The number of carbonyl (C=O) groups excluding carboxylic acids is 3. The van der Waals surface area contributed by atoms with Gasteiger partial charge in [-0.15, -0.1) is 0 Å². The number of fused-ring (bicyclic) bond motifs is 1. The molecule has 3 atom stereocenters. The minimum atomic E-state index is -4.63. The van der Waals surface area contributed by atoms with E-state index in [4.69, 9.17) is 0 Å². The number of nitrogens with one attached hydrogen (secondary N) is 2. The van der Waals surface area contributed by atoms with Gasteiger partial charge >= 0.3 is 6.18 Å². The van der Waals surface area contributed by atoms with Gasteiger partial charge in [-0.05, 0) is 49.1 Å². The number of halogens is 4. The standard InChI is InChI=1S/C32H29F4N5O3/c1-4-40-30-23(17-37-41(30)21-10-6-5-7-11-21)26(22-12-8-9-13-25(22)38-28(42)19(3)33)27(31(40)44)39-29(43)20-15-14-18(2)24(16-20)32(34,35)36/h5-13,15-18,26-27H,3-4,14H2,1-2H3,(H,38,42)(H,39,43)/t18?,26-,27+/m0/s1. The molecule has 44 heavy (non-hydrogen) atoms. The van der Waals surface area contributed by atoms with Crippen LogP contribution < -0.4 is 15.5 Å². The molecule has 8 nitrogen and oxygen atoms in total. The van der Waals surface area contributed by atoms with Crippen molar-refractivity contribution >= 4 is 29.2 Å². The lowest BCUT2D eigenvalue weighted by Gasteiger charge is -2.38. The molecular weight excluding hydrogens is 578 g/mol. The summed E-state index contributed by atoms with van der Waals surface area (Å²) >= 11 is 0. The van der Waals surface area contributed by atoms with Crippen LogP contribution in [-0.4, -0.2) is 46.3 Å². The molecule has 3 amide bonds. The largest absolute Gasteiger partial charge is 0.412 e. The van der Waals surface area contributed by atoms with Crippen LogP contribution in [0.25, 0.3) is 5.69 Å². The average molecular weight is 608 g/mol. The SMILES string of the molecule is C=C(F)C(=O)Nc1ccccc1[C@H]1c2cnn(-c3ccccc3)c2N(CC)C(=O)[C@@H]1NC(=O)C1=CCC(C)C(C(F)(F)F)=C1. The third-order valence-electron chi connectivity index (χ3n) is 7.74. The third kappa shape index (κ3) is 5.67. The first-order valence-corrected chi connectivity index (χ1v) is 13.9. The fraction of sp³-hybridized carbons (Fsp3) is 0.250. The number of likely N-dealkylation sites (N-methyl/N-ethyl adjacent to an activating group) is 1. The zero-order chi connectivity index (χ0) is 31.8. The van der Waals surface area contributed by atoms with E-state index in [1.54, 1.807) is 54.1 Å². The number of allylic oxidation sites excluding steroid dienone is 2. The molecule has 1 unspecified atom stereocenters. The topological polar surface area (TPSA) is 96.3 Å². The minimum Gasteiger partial charge on any atom is -0.339 e. The molecule has 2 heterocycles. The molecule has 0 radical (unpaired) electrons. The zero-order valence-corrected chi connectivity index (χ0v) is 23.9. The van der Waals surface area contributed by atoms with Crippen LogP contribution in [-0.2, 0) is 14.4 Å². The predicted octanol–water partition coefficient (Wildman–Crippen LogP) is 5.73. The van der Waals surface area contributed by atoms with Gasteiger partial charge in [-0.2, -0.15) is 18.3 Å². The second-order valence-electron chi connectivity index (χ2n) is 10.5. The monoisotopic (exact) mass is 607 g/mol. The van der Waals surface area contributed by atoms with Gasteiger partial charge in [0.2, 0.25) is 0 Å². The number of benzene rings is 2. The highest BCUT2D eigenvalue weighted by Crippen LogP contribution is 2.44. The molecule has 228 valence electrons. The van der Waals surface area contributed by atoms with Crippen LogP contribution in [0.1, 0.15) is 37.3 Å². The van der Waals surface area contributed by atoms with Crippen molar-refractivity contribution in [2.75, 3.05) is 16.8 Å². The van der Waals surface area contributed by atoms with E-state index in [9.17, 15) is 31.9 Å². The number of para-hydroxylation sites is 2. The highest BCUT2D eigenvalue weighted by atomic mass is 19.4. The van der Waals surface area contributed by atoms with Gasteiger partial charge in [0.1, 0.15) is 11.9 Å². The summed E-state index contributed by atoms with van der Waals surface area (Å²) in [6.07, 6.45) is -0.872. The Balaban J connectivity index is 1.65. The molecule has 2 aliphatic rings. The van der Waals surface area contributed by atoms with Gasteiger partial charge in [-0.25, -0.2) is 9.07 Å². The number of carbonyl (C=O) groups is 3. The molecule has 5 rings (SSSR count). The number of hydrogen-bond donors (Lipinski definition) is 2. The van der Waals surface area contributed by atoms with Crippen LogP contribution >= 0.6 is 0 Å². The van der Waals surface area contributed by atoms with E-state index in [1.807, 2.05) is 6.07 Å². The van der Waals surface area contributed by atoms with Crippen molar-refractivity contribution in [1.29, 1.82) is 0 Å². The molecule has 1 aliphatic carbocycles. The lowest BCUT2D eigenvalue weighted by molar-refractivity contribution is -0.126. The van der Waals surface area contributed by atoms with Gasteiger partial charge in [0, 0.05) is 34.9 Å². The quantitative estimate of drug-likeness (QED) is 0.265. The van der Waals surface area contributed by atoms with E-state index in [1.165, 1.54) is 30.2 Å². The smallest absolute Gasteiger partial charge is 0.339 e. The first-order chi connectivity index (χ1) is 20.9. The molecule has 0 spiro atoms. The summed E-state index contributed by atoms with van der Waals surface area (Å²) in [6, 6.07) is 14.1. The normalized spacial score (nSPS) is 19.9. The molecule has 0 saturated carbocycles. The second-order valence-corrected chi connectivity index (χ2v) is 10.5. The van der Waals surface area contributed by atoms with Gasteiger partial charge in [-0.1, -0.05) is 56.0 Å². The highest BCUT2D eigenvalue weighted by molar-refractivity contribution is 6.07. The van der Waals surface area contributed by atoms with Gasteiger partial charge in [0.25, 0.3) is 17.7 Å². The Morgan fingerprint density at radius 3 is 2.41 bits per heavy atom. The van der Waals surface area contributed by atoms with Gasteiger partial charge in [0.15, 0.2) is 5.83 Å². The summed E-state index contributed by atoms with van der Waals surface area (Å²) in [6.45, 7) is 6.38. The van der Waals surface area contributed by atoms with Crippen molar-refractivity contribution in [3.63, 3.8) is 0 Å². The van der Waals surface area contributed by atoms with Crippen molar-refractivity contribution in [2.45, 2.75) is 38.4 Å². The van der Waals surface area contributed by atoms with E-state index >= 15 is 0 Å². The Morgan fingerprint density at radius 2 is 1.75 bits per heavy atom. The molecular formula is C32H29F4N5O3. The molecule has 0 bridgehead atoms. The maximum Gasteiger partial charge on any atom is 0.412 e. The number of aromatic nitrogens is 2. The van der Waals surface area contributed by atoms with Crippen molar-refractivity contribution < 1.29 is 31.9 Å². The molecule has 2 N–H and O–H groups in total. The van der Waals surface area contributed by atoms with Crippen LogP contribution in [0.4, 0.5) is 29.1 Å². The van der Waals surface area contributed by atoms with Crippen LogP contribution in [0.2, 0.25) is 0 Å². The van der Waals surface area contributed by atoms with Gasteiger partial charge in [-0.3, -0.25) is 19.3 Å². The lowest BCUT2D eigenvalue weighted by atomic mass is 9.81. The lowest BCUT2D eigenvalue weighted by Crippen LogP contribution is -2.55. The number of nitrogens with zero attached hydrogens (tertiary/aromatic N) is 3. The number of rotatable bonds is 7. The van der Waals surface area contributed by atoms with Gasteiger partial charge in [0.05, 0.1) is 11.9 Å². The van der Waals surface area contributed by atoms with E-state index in [0.29, 0.717) is 22.6 Å². The van der Waals surface area contributed by atoms with Crippen LogP contribution in [0.5, 0.6) is 0 Å². The van der Waals surface area contributed by atoms with E-state index in [0.717, 1.165) is 6.08 Å². The summed E-state index contributed by atoms with van der Waals surface area (Å²) < 4.78 is 56.3. The zero-order valence-electron chi connectivity index (χ0n) is 23.9. The number of alkyl halides is 3. The van der Waals surface area contributed by atoms with Crippen molar-refractivity contribution in [1.82, 2.24) is 15.1 Å². The Hall–Kier alpha value is -5.00. The van der Waals surface area contributed by atoms with Crippen LogP contribution in [0, 0.1) is 5.92 Å². The number of hydrogen-bond acceptors (Lipinski definition) is 4. The molecule has 0 fully saturated rings. The minimum absolute atomic E-state index is 0.00675. The van der Waals surface area contributed by atoms with Crippen molar-refractivity contribution in [3.8, 4) is 5.69 Å². The molecule has 3 aromatic rings. The third-order valence-corrected chi connectivity index (χ3v) is 7.74. The van der Waals surface area contributed by atoms with Crippen LogP contribution in [0.3, 0.4) is 0 Å². The Kier molecular flexibility index (Phi) is 8.27. The Morgan fingerprint density at radius 1 is 1.07 bits per heavy atom. The van der Waals surface area contributed by atoms with Crippen molar-refractivity contribution in [2.24, 2.45) is 5.92 Å². The Bertz CT molecular complexity index is 1690. The fourth-order valence-electron chi connectivity index (χ4n) is 5.61. The summed E-state index contributed by atoms with van der Waals surface area (Å²) in [5.74, 6) is -5.13. The van der Waals surface area contributed by atoms with Gasteiger partial charge < -0.3 is 10.6 Å². The summed E-state index contributed by atoms with van der Waals surface area (Å²) in [4.78, 5) is 41.5. The molecule has 2 aromatic carbocycles. The summed E-state index contributed by atoms with van der Waals surface area (Å²) in [5, 5.41) is 9.68. The van der Waals surface area contributed by atoms with E-state index in [2.05, 4.69) is 22.3 Å². The highest BCUT2D eigenvalue weighted by Gasteiger charge is 2.46. The van der Waals surface area contributed by atoms with E-state index < -0.39 is 53.2 Å².